The molecule has 0 saturated carbocycles. The SMILES string of the molecule is CNC(C)CNC(=O)c1ccc(S(=O)(=O)c2ccccc2)s1. The van der Waals surface area contributed by atoms with E-state index in [4.69, 9.17) is 0 Å². The lowest BCUT2D eigenvalue weighted by Crippen LogP contribution is -2.36. The van der Waals surface area contributed by atoms with Gasteiger partial charge in [0.25, 0.3) is 5.91 Å². The molecule has 2 rings (SSSR count). The molecule has 0 bridgehead atoms. The second-order valence-electron chi connectivity index (χ2n) is 4.83. The summed E-state index contributed by atoms with van der Waals surface area (Å²) in [6.07, 6.45) is 0. The highest BCUT2D eigenvalue weighted by molar-refractivity contribution is 7.93. The van der Waals surface area contributed by atoms with E-state index in [2.05, 4.69) is 10.6 Å². The lowest BCUT2D eigenvalue weighted by atomic mass is 10.3. The van der Waals surface area contributed by atoms with Crippen LogP contribution in [0, 0.1) is 0 Å². The maximum absolute atomic E-state index is 12.5. The fourth-order valence-electron chi connectivity index (χ4n) is 1.74. The second-order valence-corrected chi connectivity index (χ2v) is 8.10. The van der Waals surface area contributed by atoms with Crippen LogP contribution < -0.4 is 10.6 Å². The molecule has 5 nitrogen and oxygen atoms in total. The van der Waals surface area contributed by atoms with Crippen molar-refractivity contribution in [3.8, 4) is 0 Å². The Kier molecular flexibility index (Phi) is 5.33. The van der Waals surface area contributed by atoms with E-state index < -0.39 is 9.84 Å². The maximum atomic E-state index is 12.5. The van der Waals surface area contributed by atoms with Gasteiger partial charge >= 0.3 is 0 Å². The average Bonchev–Trinajstić information content (AvgIpc) is 3.04. The first kappa shape index (κ1) is 16.7. The van der Waals surface area contributed by atoms with E-state index in [1.807, 2.05) is 14.0 Å². The number of sulfone groups is 1. The van der Waals surface area contributed by atoms with Gasteiger partial charge in [-0.3, -0.25) is 4.79 Å². The molecule has 0 radical (unpaired) electrons. The number of thiophene rings is 1. The number of likely N-dealkylation sites (N-methyl/N-ethyl adjacent to an activating group) is 1. The second kappa shape index (κ2) is 7.04. The summed E-state index contributed by atoms with van der Waals surface area (Å²) >= 11 is 0.982. The highest BCUT2D eigenvalue weighted by atomic mass is 32.2. The molecule has 118 valence electrons. The molecule has 0 aliphatic heterocycles. The van der Waals surface area contributed by atoms with Crippen LogP contribution in [-0.2, 0) is 9.84 Å². The summed E-state index contributed by atoms with van der Waals surface area (Å²) in [4.78, 5) is 12.6. The first-order valence-corrected chi connectivity index (χ1v) is 9.10. The zero-order valence-electron chi connectivity index (χ0n) is 12.4. The monoisotopic (exact) mass is 338 g/mol. The normalized spacial score (nSPS) is 12.8. The minimum Gasteiger partial charge on any atom is -0.350 e. The first-order chi connectivity index (χ1) is 10.4. The quantitative estimate of drug-likeness (QED) is 0.844. The van der Waals surface area contributed by atoms with Crippen molar-refractivity contribution in [1.29, 1.82) is 0 Å². The number of rotatable bonds is 6. The van der Waals surface area contributed by atoms with Crippen LogP contribution in [0.1, 0.15) is 16.6 Å². The number of hydrogen-bond donors (Lipinski definition) is 2. The van der Waals surface area contributed by atoms with Crippen molar-refractivity contribution in [3.05, 3.63) is 47.3 Å². The van der Waals surface area contributed by atoms with Crippen LogP contribution in [0.25, 0.3) is 0 Å². The molecule has 0 saturated heterocycles. The Morgan fingerprint density at radius 2 is 1.86 bits per heavy atom. The summed E-state index contributed by atoms with van der Waals surface area (Å²) < 4.78 is 25.1. The molecule has 2 aromatic rings. The highest BCUT2D eigenvalue weighted by Gasteiger charge is 2.21. The van der Waals surface area contributed by atoms with E-state index in [1.54, 1.807) is 36.4 Å². The lowest BCUT2D eigenvalue weighted by Gasteiger charge is -2.10. The van der Waals surface area contributed by atoms with Crippen LogP contribution in [0.15, 0.2) is 51.6 Å². The third-order valence-corrected chi connectivity index (χ3v) is 6.53. The Bertz CT molecular complexity index is 739. The van der Waals surface area contributed by atoms with Crippen molar-refractivity contribution in [2.45, 2.75) is 22.1 Å². The molecule has 1 atom stereocenters. The summed E-state index contributed by atoms with van der Waals surface area (Å²) in [6, 6.07) is 11.4. The van der Waals surface area contributed by atoms with Crippen molar-refractivity contribution in [1.82, 2.24) is 10.6 Å². The van der Waals surface area contributed by atoms with Crippen molar-refractivity contribution >= 4 is 27.1 Å². The lowest BCUT2D eigenvalue weighted by molar-refractivity contribution is 0.0954. The Morgan fingerprint density at radius 1 is 1.18 bits per heavy atom. The van der Waals surface area contributed by atoms with Crippen LogP contribution in [0.5, 0.6) is 0 Å². The molecule has 0 spiro atoms. The smallest absolute Gasteiger partial charge is 0.261 e. The number of hydrogen-bond acceptors (Lipinski definition) is 5. The highest BCUT2D eigenvalue weighted by Crippen LogP contribution is 2.27. The van der Waals surface area contributed by atoms with Crippen LogP contribution in [0.3, 0.4) is 0 Å². The molecule has 1 aromatic heterocycles. The van der Waals surface area contributed by atoms with Gasteiger partial charge in [-0.1, -0.05) is 18.2 Å². The number of carbonyl (C=O) groups excluding carboxylic acids is 1. The largest absolute Gasteiger partial charge is 0.350 e. The van der Waals surface area contributed by atoms with E-state index in [9.17, 15) is 13.2 Å². The number of carbonyl (C=O) groups is 1. The fraction of sp³-hybridized carbons (Fsp3) is 0.267. The molecule has 7 heteroatoms. The van der Waals surface area contributed by atoms with Crippen molar-refractivity contribution in [2.75, 3.05) is 13.6 Å². The van der Waals surface area contributed by atoms with Crippen LogP contribution >= 0.6 is 11.3 Å². The van der Waals surface area contributed by atoms with Crippen LogP contribution in [0.2, 0.25) is 0 Å². The van der Waals surface area contributed by atoms with Gasteiger partial charge in [0.1, 0.15) is 4.21 Å². The van der Waals surface area contributed by atoms with Crippen molar-refractivity contribution in [2.24, 2.45) is 0 Å². The van der Waals surface area contributed by atoms with E-state index in [0.717, 1.165) is 11.3 Å². The van der Waals surface area contributed by atoms with E-state index in [1.165, 1.54) is 6.07 Å². The van der Waals surface area contributed by atoms with Crippen molar-refractivity contribution in [3.63, 3.8) is 0 Å². The minimum absolute atomic E-state index is 0.149. The van der Waals surface area contributed by atoms with Gasteiger partial charge in [-0.2, -0.15) is 0 Å². The predicted octanol–water partition coefficient (Wildman–Crippen LogP) is 1.92. The molecule has 1 amide bonds. The summed E-state index contributed by atoms with van der Waals surface area (Å²) in [7, 11) is -1.75. The maximum Gasteiger partial charge on any atom is 0.261 e. The van der Waals surface area contributed by atoms with Gasteiger partial charge in [0.15, 0.2) is 0 Å². The van der Waals surface area contributed by atoms with Crippen molar-refractivity contribution < 1.29 is 13.2 Å². The Labute approximate surface area is 134 Å². The number of nitrogens with one attached hydrogen (secondary N) is 2. The zero-order valence-corrected chi connectivity index (χ0v) is 14.0. The standard InChI is InChI=1S/C15H18N2O3S2/c1-11(16-2)10-17-15(18)13-8-9-14(21-13)22(19,20)12-6-4-3-5-7-12/h3-9,11,16H,10H2,1-2H3,(H,17,18). The molecular weight excluding hydrogens is 320 g/mol. The van der Waals surface area contributed by atoms with Gasteiger partial charge in [-0.15, -0.1) is 11.3 Å². The van der Waals surface area contributed by atoms with Gasteiger partial charge in [0, 0.05) is 12.6 Å². The molecular formula is C15H18N2O3S2. The van der Waals surface area contributed by atoms with Gasteiger partial charge in [0.2, 0.25) is 9.84 Å². The summed E-state index contributed by atoms with van der Waals surface area (Å²) in [6.45, 7) is 2.42. The zero-order chi connectivity index (χ0) is 16.2. The van der Waals surface area contributed by atoms with E-state index in [0.29, 0.717) is 11.4 Å². The van der Waals surface area contributed by atoms with Crippen LogP contribution in [0.4, 0.5) is 0 Å². The topological polar surface area (TPSA) is 75.3 Å². The molecule has 22 heavy (non-hydrogen) atoms. The molecule has 1 heterocycles. The number of benzene rings is 1. The molecule has 1 unspecified atom stereocenters. The summed E-state index contributed by atoms with van der Waals surface area (Å²) in [5.74, 6) is -0.262. The molecule has 0 aliphatic carbocycles. The molecule has 1 aromatic carbocycles. The predicted molar refractivity (Wildman–Crippen MR) is 87.1 cm³/mol. The van der Waals surface area contributed by atoms with Gasteiger partial charge < -0.3 is 10.6 Å². The van der Waals surface area contributed by atoms with E-state index in [-0.39, 0.29) is 21.1 Å². The Hall–Kier alpha value is -1.70. The van der Waals surface area contributed by atoms with E-state index >= 15 is 0 Å². The third-order valence-electron chi connectivity index (χ3n) is 3.19. The Balaban J connectivity index is 2.16. The Morgan fingerprint density at radius 3 is 2.50 bits per heavy atom. The van der Waals surface area contributed by atoms with Crippen LogP contribution in [-0.4, -0.2) is 34.0 Å². The fourth-order valence-corrected chi connectivity index (χ4v) is 4.38. The average molecular weight is 338 g/mol. The summed E-state index contributed by atoms with van der Waals surface area (Å²) in [5, 5.41) is 5.78. The molecule has 0 aliphatic rings. The summed E-state index contributed by atoms with van der Waals surface area (Å²) in [5.41, 5.74) is 0. The molecule has 2 N–H and O–H groups in total. The van der Waals surface area contributed by atoms with Gasteiger partial charge in [-0.25, -0.2) is 8.42 Å². The van der Waals surface area contributed by atoms with Gasteiger partial charge in [0.05, 0.1) is 9.77 Å². The minimum atomic E-state index is -3.56. The number of amides is 1. The van der Waals surface area contributed by atoms with Gasteiger partial charge in [-0.05, 0) is 38.2 Å². The molecule has 0 fully saturated rings. The third kappa shape index (κ3) is 3.73. The first-order valence-electron chi connectivity index (χ1n) is 6.80.